The van der Waals surface area contributed by atoms with E-state index in [1.54, 1.807) is 24.3 Å². The predicted octanol–water partition coefficient (Wildman–Crippen LogP) is 4.54. The summed E-state index contributed by atoms with van der Waals surface area (Å²) in [4.78, 5) is 39.6. The minimum Gasteiger partial charge on any atom is -0.480 e. The van der Waals surface area contributed by atoms with Crippen molar-refractivity contribution in [2.45, 2.75) is 62.1 Å². The minimum absolute atomic E-state index is 0.0503. The van der Waals surface area contributed by atoms with Crippen LogP contribution in [0.4, 0.5) is 5.69 Å². The summed E-state index contributed by atoms with van der Waals surface area (Å²) in [5.74, 6) is -2.72. The number of rotatable bonds is 8. The summed E-state index contributed by atoms with van der Waals surface area (Å²) in [5, 5.41) is 17.7. The predicted molar refractivity (Wildman–Crippen MR) is 129 cm³/mol. The normalized spacial score (nSPS) is 25.3. The van der Waals surface area contributed by atoms with E-state index in [1.165, 1.54) is 0 Å². The summed E-state index contributed by atoms with van der Waals surface area (Å²) in [6.07, 6.45) is 4.25. The summed E-state index contributed by atoms with van der Waals surface area (Å²) in [6, 6.07) is 14.8. The molecule has 2 aromatic carbocycles. The molecule has 0 spiro atoms. The van der Waals surface area contributed by atoms with Crippen LogP contribution in [0.15, 0.2) is 53.0 Å². The van der Waals surface area contributed by atoms with Crippen molar-refractivity contribution in [1.82, 2.24) is 5.32 Å². The molecule has 0 bridgehead atoms. The Morgan fingerprint density at radius 2 is 1.76 bits per heavy atom. The van der Waals surface area contributed by atoms with E-state index in [0.29, 0.717) is 4.47 Å². The molecule has 2 fully saturated rings. The van der Waals surface area contributed by atoms with Crippen LogP contribution in [0, 0.1) is 5.92 Å². The molecular weight excluding hydrogens is 484 g/mol. The van der Waals surface area contributed by atoms with Crippen molar-refractivity contribution in [3.05, 3.63) is 64.1 Å². The van der Waals surface area contributed by atoms with Crippen molar-refractivity contribution in [3.63, 3.8) is 0 Å². The number of halogens is 1. The van der Waals surface area contributed by atoms with Gasteiger partial charge < -0.3 is 10.4 Å². The van der Waals surface area contributed by atoms with Crippen molar-refractivity contribution in [2.24, 2.45) is 5.92 Å². The number of ketones is 2. The number of carboxylic acids is 1. The fourth-order valence-corrected chi connectivity index (χ4v) is 6.23. The number of para-hydroxylation sites is 1. The summed E-state index contributed by atoms with van der Waals surface area (Å²) in [7, 11) is 0. The Balaban J connectivity index is 1.58. The second-order valence-corrected chi connectivity index (χ2v) is 10.4. The van der Waals surface area contributed by atoms with Gasteiger partial charge in [0.15, 0.2) is 0 Å². The Labute approximate surface area is 201 Å². The van der Waals surface area contributed by atoms with Crippen molar-refractivity contribution in [1.29, 1.82) is 0 Å². The van der Waals surface area contributed by atoms with Gasteiger partial charge in [0, 0.05) is 40.1 Å². The van der Waals surface area contributed by atoms with Gasteiger partial charge in [-0.1, -0.05) is 52.7 Å². The smallest absolute Gasteiger partial charge is 0.325 e. The zero-order valence-corrected chi connectivity index (χ0v) is 19.8. The number of nitrogens with one attached hydrogen (secondary N) is 2. The number of Topliss-reactive ketones (excluding diaryl/α,β-unsaturated/α-hetero) is 2. The van der Waals surface area contributed by atoms with Crippen molar-refractivity contribution < 1.29 is 19.5 Å². The molecule has 2 saturated carbocycles. The number of anilines is 1. The van der Waals surface area contributed by atoms with Gasteiger partial charge in [-0.2, -0.15) is 0 Å². The lowest BCUT2D eigenvalue weighted by Gasteiger charge is -2.46. The largest absolute Gasteiger partial charge is 0.480 e. The van der Waals surface area contributed by atoms with Crippen LogP contribution in [-0.2, 0) is 9.59 Å². The van der Waals surface area contributed by atoms with E-state index >= 15 is 0 Å². The maximum atomic E-state index is 13.4. The molecule has 0 saturated heterocycles. The van der Waals surface area contributed by atoms with Crippen molar-refractivity contribution >= 4 is 39.2 Å². The molecular formula is C26H27BrN2O4. The van der Waals surface area contributed by atoms with E-state index in [4.69, 9.17) is 0 Å². The lowest BCUT2D eigenvalue weighted by Crippen LogP contribution is -2.62. The number of carboxylic acid groups (broad SMARTS) is 1. The molecule has 0 radical (unpaired) electrons. The molecule has 2 unspecified atom stereocenters. The van der Waals surface area contributed by atoms with Crippen LogP contribution in [0.2, 0.25) is 0 Å². The number of carbonyl (C=O) groups is 3. The van der Waals surface area contributed by atoms with Gasteiger partial charge in [0.2, 0.25) is 11.6 Å². The second kappa shape index (κ2) is 8.69. The number of carbonyl (C=O) groups excluding carboxylic acids is 2. The van der Waals surface area contributed by atoms with Gasteiger partial charge in [0.05, 0.1) is 0 Å². The third-order valence-corrected chi connectivity index (χ3v) is 8.09. The van der Waals surface area contributed by atoms with Gasteiger partial charge in [-0.05, 0) is 55.4 Å². The van der Waals surface area contributed by atoms with Crippen molar-refractivity contribution in [2.75, 3.05) is 5.32 Å². The van der Waals surface area contributed by atoms with Gasteiger partial charge >= 0.3 is 5.97 Å². The van der Waals surface area contributed by atoms with E-state index in [-0.39, 0.29) is 30.0 Å². The number of aliphatic carboxylic acids is 1. The SMILES string of the molecule is O=C(CC(NC1CC1)(C(=O)O)C1c2ccccc2N[C@@H]2CCC[C@H]12)C(=O)c1ccccc1Br. The zero-order valence-electron chi connectivity index (χ0n) is 18.2. The zero-order chi connectivity index (χ0) is 23.2. The van der Waals surface area contributed by atoms with Gasteiger partial charge in [-0.25, -0.2) is 0 Å². The Kier molecular flexibility index (Phi) is 5.87. The number of hydrogen-bond donors (Lipinski definition) is 3. The van der Waals surface area contributed by atoms with Gasteiger partial charge in [-0.3, -0.25) is 19.7 Å². The highest BCUT2D eigenvalue weighted by molar-refractivity contribution is 9.10. The molecule has 2 aliphatic carbocycles. The monoisotopic (exact) mass is 510 g/mol. The average Bonchev–Trinajstić information content (AvgIpc) is 3.50. The lowest BCUT2D eigenvalue weighted by atomic mass is 9.65. The van der Waals surface area contributed by atoms with Crippen LogP contribution in [0.3, 0.4) is 0 Å². The quantitative estimate of drug-likeness (QED) is 0.356. The van der Waals surface area contributed by atoms with E-state index in [1.807, 2.05) is 24.3 Å². The van der Waals surface area contributed by atoms with Gasteiger partial charge in [0.25, 0.3) is 0 Å². The maximum absolute atomic E-state index is 13.4. The van der Waals surface area contributed by atoms with Crippen LogP contribution >= 0.6 is 15.9 Å². The van der Waals surface area contributed by atoms with Crippen LogP contribution in [-0.4, -0.2) is 40.3 Å². The molecule has 6 nitrogen and oxygen atoms in total. The maximum Gasteiger partial charge on any atom is 0.325 e. The summed E-state index contributed by atoms with van der Waals surface area (Å²) in [6.45, 7) is 0. The summed E-state index contributed by atoms with van der Waals surface area (Å²) in [5.41, 5.74) is 0.564. The summed E-state index contributed by atoms with van der Waals surface area (Å²) < 4.78 is 0.530. The Hall–Kier alpha value is -2.51. The van der Waals surface area contributed by atoms with Crippen LogP contribution in [0.25, 0.3) is 0 Å². The van der Waals surface area contributed by atoms with Gasteiger partial charge in [-0.15, -0.1) is 0 Å². The number of hydrogen-bond acceptors (Lipinski definition) is 5. The molecule has 3 aliphatic rings. The van der Waals surface area contributed by atoms with Crippen molar-refractivity contribution in [3.8, 4) is 0 Å². The van der Waals surface area contributed by atoms with E-state index in [9.17, 15) is 19.5 Å². The van der Waals surface area contributed by atoms with Gasteiger partial charge in [0.1, 0.15) is 5.54 Å². The fourth-order valence-electron chi connectivity index (χ4n) is 5.77. The lowest BCUT2D eigenvalue weighted by molar-refractivity contribution is -0.149. The number of fused-ring (bicyclic) bond motifs is 2. The number of benzene rings is 2. The molecule has 33 heavy (non-hydrogen) atoms. The molecule has 1 heterocycles. The Morgan fingerprint density at radius 3 is 2.48 bits per heavy atom. The van der Waals surface area contributed by atoms with Crippen LogP contribution < -0.4 is 10.6 Å². The highest BCUT2D eigenvalue weighted by Crippen LogP contribution is 2.52. The van der Waals surface area contributed by atoms with Crippen LogP contribution in [0.5, 0.6) is 0 Å². The molecule has 0 aromatic heterocycles. The fraction of sp³-hybridized carbons (Fsp3) is 0.423. The molecule has 2 aromatic rings. The highest BCUT2D eigenvalue weighted by atomic mass is 79.9. The summed E-state index contributed by atoms with van der Waals surface area (Å²) >= 11 is 3.35. The highest BCUT2D eigenvalue weighted by Gasteiger charge is 2.57. The third-order valence-electron chi connectivity index (χ3n) is 7.40. The van der Waals surface area contributed by atoms with Crippen LogP contribution in [0.1, 0.15) is 60.4 Å². The first kappa shape index (κ1) is 22.3. The molecule has 1 aliphatic heterocycles. The first-order valence-electron chi connectivity index (χ1n) is 11.6. The average molecular weight is 511 g/mol. The topological polar surface area (TPSA) is 95.5 Å². The van der Waals surface area contributed by atoms with E-state index in [2.05, 4.69) is 26.6 Å². The van der Waals surface area contributed by atoms with E-state index < -0.39 is 29.0 Å². The molecule has 3 N–H and O–H groups in total. The third kappa shape index (κ3) is 4.02. The first-order chi connectivity index (χ1) is 15.9. The standard InChI is InChI=1S/C26H27BrN2O4/c27-19-9-3-1-6-16(19)24(31)22(30)14-26(25(32)33,29-15-12-13-15)23-17-7-2-4-10-20(17)28-21-11-5-8-18(21)23/h1-4,6-7,9-10,15,18,21,23,28-29H,5,8,11-14H2,(H,32,33)/t18-,21+,23?,26?/m0/s1. The second-order valence-electron chi connectivity index (χ2n) is 9.51. The molecule has 5 rings (SSSR count). The van der Waals surface area contributed by atoms with E-state index in [0.717, 1.165) is 43.4 Å². The Bertz CT molecular complexity index is 1110. The molecule has 7 heteroatoms. The minimum atomic E-state index is -1.54. The molecule has 172 valence electrons. The Morgan fingerprint density at radius 1 is 1.03 bits per heavy atom. The molecule has 4 atom stereocenters. The first-order valence-corrected chi connectivity index (χ1v) is 12.4. The molecule has 0 amide bonds.